The normalized spacial score (nSPS) is 10.9. The van der Waals surface area contributed by atoms with E-state index in [1.807, 2.05) is 6.92 Å². The van der Waals surface area contributed by atoms with Crippen molar-refractivity contribution in [3.63, 3.8) is 0 Å². The second-order valence-corrected chi connectivity index (χ2v) is 4.85. The second kappa shape index (κ2) is 5.13. The smallest absolute Gasteiger partial charge is 0.225 e. The number of anilines is 1. The summed E-state index contributed by atoms with van der Waals surface area (Å²) in [5.41, 5.74) is 1.34. The Morgan fingerprint density at radius 2 is 1.60 bits per heavy atom. The molecule has 0 aromatic heterocycles. The first-order valence-electron chi connectivity index (χ1n) is 4.11. The van der Waals surface area contributed by atoms with Crippen LogP contribution in [0.1, 0.15) is 5.56 Å². The van der Waals surface area contributed by atoms with Gasteiger partial charge in [-0.05, 0) is 19.1 Å². The number of rotatable bonds is 4. The SMILES string of the molecule is Cc1ccc(N(C[SH](=O)=O)[SH](=O)=O)cc1. The van der Waals surface area contributed by atoms with Gasteiger partial charge in [0.1, 0.15) is 5.88 Å². The number of hydrogen-bond donors (Lipinski definition) is 2. The molecule has 0 aliphatic heterocycles. The molecule has 0 N–H and O–H groups in total. The highest BCUT2D eigenvalue weighted by Gasteiger charge is 2.08. The first kappa shape index (κ1) is 12.0. The first-order valence-corrected chi connectivity index (χ1v) is 6.60. The highest BCUT2D eigenvalue weighted by atomic mass is 32.2. The molecule has 0 aliphatic carbocycles. The van der Waals surface area contributed by atoms with Crippen molar-refractivity contribution in [3.05, 3.63) is 29.8 Å². The van der Waals surface area contributed by atoms with Gasteiger partial charge in [0, 0.05) is 0 Å². The minimum Gasteiger partial charge on any atom is -0.258 e. The highest BCUT2D eigenvalue weighted by molar-refractivity contribution is 7.77. The van der Waals surface area contributed by atoms with Crippen LogP contribution >= 0.6 is 0 Å². The van der Waals surface area contributed by atoms with E-state index >= 15 is 0 Å². The van der Waals surface area contributed by atoms with E-state index in [1.165, 1.54) is 0 Å². The Kier molecular flexibility index (Phi) is 4.10. The van der Waals surface area contributed by atoms with Gasteiger partial charge in [-0.1, -0.05) is 17.7 Å². The van der Waals surface area contributed by atoms with Gasteiger partial charge in [0.05, 0.1) is 5.69 Å². The average molecular weight is 249 g/mol. The molecule has 0 bridgehead atoms. The van der Waals surface area contributed by atoms with Crippen LogP contribution in [-0.4, -0.2) is 22.7 Å². The summed E-state index contributed by atoms with van der Waals surface area (Å²) in [5.74, 6) is -0.517. The zero-order chi connectivity index (χ0) is 11.4. The molecule has 15 heavy (non-hydrogen) atoms. The molecule has 0 saturated heterocycles. The second-order valence-electron chi connectivity index (χ2n) is 2.95. The third-order valence-electron chi connectivity index (χ3n) is 1.78. The lowest BCUT2D eigenvalue weighted by molar-refractivity contribution is 0.603. The number of aryl methyl sites for hydroxylation is 1. The quantitative estimate of drug-likeness (QED) is 0.731. The van der Waals surface area contributed by atoms with Crippen LogP contribution in [0.4, 0.5) is 5.69 Å². The molecule has 0 atom stereocenters. The molecule has 5 nitrogen and oxygen atoms in total. The Hall–Kier alpha value is -1.08. The van der Waals surface area contributed by atoms with Crippen molar-refractivity contribution >= 4 is 27.3 Å². The minimum absolute atomic E-state index is 0.357. The summed E-state index contributed by atoms with van der Waals surface area (Å²) < 4.78 is 43.4. The van der Waals surface area contributed by atoms with Crippen molar-refractivity contribution in [3.8, 4) is 0 Å². The number of nitrogens with zero attached hydrogens (tertiary/aromatic N) is 1. The molecule has 7 heteroatoms. The third kappa shape index (κ3) is 3.52. The van der Waals surface area contributed by atoms with Gasteiger partial charge in [0.2, 0.25) is 10.9 Å². The lowest BCUT2D eigenvalue weighted by atomic mass is 10.2. The van der Waals surface area contributed by atoms with Gasteiger partial charge in [-0.15, -0.1) is 0 Å². The Labute approximate surface area is 91.4 Å². The van der Waals surface area contributed by atoms with Gasteiger partial charge in [-0.25, -0.2) is 16.8 Å². The van der Waals surface area contributed by atoms with Crippen molar-refractivity contribution in [1.29, 1.82) is 0 Å². The number of hydrogen-bond acceptors (Lipinski definition) is 4. The molecule has 1 aromatic carbocycles. The van der Waals surface area contributed by atoms with E-state index in [4.69, 9.17) is 0 Å². The molecule has 0 amide bonds. The largest absolute Gasteiger partial charge is 0.258 e. The molecule has 1 rings (SSSR count). The van der Waals surface area contributed by atoms with Crippen LogP contribution in [0, 0.1) is 6.92 Å². The zero-order valence-electron chi connectivity index (χ0n) is 7.99. The predicted molar refractivity (Wildman–Crippen MR) is 59.2 cm³/mol. The lowest BCUT2D eigenvalue weighted by Crippen LogP contribution is -2.23. The fraction of sp³-hybridized carbons (Fsp3) is 0.250. The molecular formula is C8H11NO4S2. The van der Waals surface area contributed by atoms with E-state index < -0.39 is 27.5 Å². The van der Waals surface area contributed by atoms with Gasteiger partial charge in [-0.3, -0.25) is 4.31 Å². The fourth-order valence-corrected chi connectivity index (χ4v) is 2.48. The lowest BCUT2D eigenvalue weighted by Gasteiger charge is -2.13. The van der Waals surface area contributed by atoms with E-state index in [0.717, 1.165) is 9.87 Å². The van der Waals surface area contributed by atoms with Gasteiger partial charge in [0.15, 0.2) is 10.7 Å². The summed E-state index contributed by atoms with van der Waals surface area (Å²) in [6.45, 7) is 1.86. The van der Waals surface area contributed by atoms with Crippen LogP contribution in [0.15, 0.2) is 24.3 Å². The zero-order valence-corrected chi connectivity index (χ0v) is 9.78. The van der Waals surface area contributed by atoms with Crippen molar-refractivity contribution in [2.45, 2.75) is 6.92 Å². The minimum atomic E-state index is -2.93. The third-order valence-corrected chi connectivity index (χ3v) is 3.28. The van der Waals surface area contributed by atoms with Gasteiger partial charge in [-0.2, -0.15) is 0 Å². The highest BCUT2D eigenvalue weighted by Crippen LogP contribution is 2.14. The van der Waals surface area contributed by atoms with Gasteiger partial charge >= 0.3 is 0 Å². The molecule has 0 fully saturated rings. The average Bonchev–Trinajstić information content (AvgIpc) is 2.15. The maximum absolute atomic E-state index is 10.8. The van der Waals surface area contributed by atoms with Crippen LogP contribution in [-0.2, 0) is 21.6 Å². The molecule has 0 spiro atoms. The molecular weight excluding hydrogens is 238 g/mol. The number of benzene rings is 1. The van der Waals surface area contributed by atoms with E-state index in [1.54, 1.807) is 24.3 Å². The van der Waals surface area contributed by atoms with E-state index in [-0.39, 0.29) is 0 Å². The Morgan fingerprint density at radius 1 is 1.07 bits per heavy atom. The van der Waals surface area contributed by atoms with E-state index in [0.29, 0.717) is 5.69 Å². The first-order chi connectivity index (χ1) is 7.00. The van der Waals surface area contributed by atoms with Crippen molar-refractivity contribution in [2.75, 3.05) is 10.2 Å². The van der Waals surface area contributed by atoms with Crippen LogP contribution in [0.5, 0.6) is 0 Å². The van der Waals surface area contributed by atoms with Crippen LogP contribution in [0.2, 0.25) is 0 Å². The maximum Gasteiger partial charge on any atom is 0.225 e. The molecule has 0 heterocycles. The van der Waals surface area contributed by atoms with Crippen LogP contribution < -0.4 is 4.31 Å². The maximum atomic E-state index is 10.8. The van der Waals surface area contributed by atoms with Crippen molar-refractivity contribution in [2.24, 2.45) is 0 Å². The summed E-state index contributed by atoms with van der Waals surface area (Å²) in [4.78, 5) is 0. The molecule has 0 radical (unpaired) electrons. The predicted octanol–water partition coefficient (Wildman–Crippen LogP) is -0.103. The van der Waals surface area contributed by atoms with E-state index in [2.05, 4.69) is 0 Å². The van der Waals surface area contributed by atoms with Crippen molar-refractivity contribution < 1.29 is 16.8 Å². The van der Waals surface area contributed by atoms with Crippen LogP contribution in [0.25, 0.3) is 0 Å². The van der Waals surface area contributed by atoms with E-state index in [9.17, 15) is 16.8 Å². The summed E-state index contributed by atoms with van der Waals surface area (Å²) in [5, 5.41) is 0. The topological polar surface area (TPSA) is 71.5 Å². The van der Waals surface area contributed by atoms with Gasteiger partial charge < -0.3 is 0 Å². The number of thiol groups is 2. The summed E-state index contributed by atoms with van der Waals surface area (Å²) in [7, 11) is -5.69. The molecule has 84 valence electrons. The molecule has 1 aromatic rings. The van der Waals surface area contributed by atoms with Crippen molar-refractivity contribution in [1.82, 2.24) is 0 Å². The summed E-state index contributed by atoms with van der Waals surface area (Å²) in [6.07, 6.45) is 0. The monoisotopic (exact) mass is 249 g/mol. The van der Waals surface area contributed by atoms with Gasteiger partial charge in [0.25, 0.3) is 0 Å². The van der Waals surface area contributed by atoms with Crippen LogP contribution in [0.3, 0.4) is 0 Å². The Bertz CT molecular complexity index is 460. The summed E-state index contributed by atoms with van der Waals surface area (Å²) >= 11 is 0. The Morgan fingerprint density at radius 3 is 2.00 bits per heavy atom. The standard InChI is InChI=1S/C8H11NO4S2/c1-7-2-4-8(5-3-7)9(15(12)13)6-14(10)11/h2-5,14-15H,6H2,1H3. The summed E-state index contributed by atoms with van der Waals surface area (Å²) in [6, 6.07) is 6.58. The molecule has 0 aliphatic rings. The molecule has 0 unspecified atom stereocenters. The fourth-order valence-electron chi connectivity index (χ4n) is 1.05. The Balaban J connectivity index is 3.04. The molecule has 0 saturated carbocycles.